The highest BCUT2D eigenvalue weighted by molar-refractivity contribution is 5.74. The fourth-order valence-corrected chi connectivity index (χ4v) is 1.82. The molecular formula is C12H18N2O2. The minimum absolute atomic E-state index is 0.0437. The van der Waals surface area contributed by atoms with Gasteiger partial charge in [-0.15, -0.1) is 0 Å². The molecule has 0 N–H and O–H groups in total. The third-order valence-electron chi connectivity index (χ3n) is 2.83. The zero-order valence-electron chi connectivity index (χ0n) is 15.3. The van der Waals surface area contributed by atoms with E-state index in [0.29, 0.717) is 6.42 Å². The second-order valence-corrected chi connectivity index (χ2v) is 3.85. The standard InChI is InChI=1S/C12H18N2O2/c1-4-11-9(7-16-12(11)15)5-10-6-13-8(2)14(10)3/h6,9,11H,4-5,7H2,1-3H3/t9-,11-/m0/s1/i3D3,5D2,6D. The van der Waals surface area contributed by atoms with Crippen molar-refractivity contribution in [2.75, 3.05) is 6.61 Å². The number of hydrogen-bond acceptors (Lipinski definition) is 3. The number of ether oxygens (including phenoxy) is 1. The van der Waals surface area contributed by atoms with Gasteiger partial charge in [0.15, 0.2) is 0 Å². The molecule has 1 saturated heterocycles. The number of nitrogens with zero attached hydrogens (tertiary/aromatic N) is 2. The molecule has 0 saturated carbocycles. The predicted molar refractivity (Wildman–Crippen MR) is 59.9 cm³/mol. The topological polar surface area (TPSA) is 44.1 Å². The lowest BCUT2D eigenvalue weighted by Gasteiger charge is -2.13. The van der Waals surface area contributed by atoms with E-state index in [1.165, 1.54) is 6.92 Å². The van der Waals surface area contributed by atoms with Crippen LogP contribution in [0, 0.1) is 18.8 Å². The number of carbonyl (C=O) groups excluding carboxylic acids is 1. The van der Waals surface area contributed by atoms with Crippen LogP contribution >= 0.6 is 0 Å². The fraction of sp³-hybridized carbons (Fsp3) is 0.667. The van der Waals surface area contributed by atoms with Gasteiger partial charge in [-0.3, -0.25) is 4.79 Å². The van der Waals surface area contributed by atoms with Crippen molar-refractivity contribution in [3.8, 4) is 0 Å². The van der Waals surface area contributed by atoms with Crippen molar-refractivity contribution in [2.45, 2.75) is 26.6 Å². The number of carbonyl (C=O) groups is 1. The van der Waals surface area contributed by atoms with Gasteiger partial charge in [-0.05, 0) is 19.7 Å². The second-order valence-electron chi connectivity index (χ2n) is 3.85. The van der Waals surface area contributed by atoms with Crippen LogP contribution in [0.25, 0.3) is 0 Å². The van der Waals surface area contributed by atoms with E-state index < -0.39 is 37.3 Å². The largest absolute Gasteiger partial charge is 0.465 e. The van der Waals surface area contributed by atoms with E-state index in [0.717, 1.165) is 4.57 Å². The molecule has 4 nitrogen and oxygen atoms in total. The van der Waals surface area contributed by atoms with Crippen molar-refractivity contribution in [2.24, 2.45) is 18.8 Å². The molecule has 88 valence electrons. The number of aryl methyl sites for hydroxylation is 1. The molecule has 1 aromatic heterocycles. The summed E-state index contributed by atoms with van der Waals surface area (Å²) in [6, 6.07) is 0. The smallest absolute Gasteiger partial charge is 0.309 e. The van der Waals surface area contributed by atoms with E-state index in [1.54, 1.807) is 6.92 Å². The number of rotatable bonds is 3. The van der Waals surface area contributed by atoms with Crippen molar-refractivity contribution in [1.29, 1.82) is 0 Å². The molecule has 2 rings (SSSR count). The highest BCUT2D eigenvalue weighted by Crippen LogP contribution is 2.28. The molecule has 2 atom stereocenters. The molecule has 16 heavy (non-hydrogen) atoms. The van der Waals surface area contributed by atoms with E-state index in [4.69, 9.17) is 13.0 Å². The van der Waals surface area contributed by atoms with Crippen LogP contribution in [-0.4, -0.2) is 22.1 Å². The summed E-state index contributed by atoms with van der Waals surface area (Å²) >= 11 is 0. The van der Waals surface area contributed by atoms with E-state index in [1.807, 2.05) is 0 Å². The molecule has 1 aromatic rings. The molecule has 1 aliphatic rings. The summed E-state index contributed by atoms with van der Waals surface area (Å²) in [5.41, 5.74) is -0.327. The van der Waals surface area contributed by atoms with E-state index in [9.17, 15) is 4.79 Å². The van der Waals surface area contributed by atoms with Gasteiger partial charge >= 0.3 is 5.97 Å². The molecule has 0 aromatic carbocycles. The third kappa shape index (κ3) is 1.84. The lowest BCUT2D eigenvalue weighted by Crippen LogP contribution is -2.18. The van der Waals surface area contributed by atoms with Crippen molar-refractivity contribution in [3.05, 3.63) is 17.7 Å². The van der Waals surface area contributed by atoms with E-state index in [2.05, 4.69) is 4.98 Å². The summed E-state index contributed by atoms with van der Waals surface area (Å²) in [5, 5.41) is 0. The number of cyclic esters (lactones) is 1. The highest BCUT2D eigenvalue weighted by Gasteiger charge is 2.35. The van der Waals surface area contributed by atoms with Crippen LogP contribution in [0.4, 0.5) is 0 Å². The van der Waals surface area contributed by atoms with Gasteiger partial charge in [0.1, 0.15) is 5.82 Å². The summed E-state index contributed by atoms with van der Waals surface area (Å²) in [7, 11) is 0. The Bertz CT molecular complexity index is 595. The monoisotopic (exact) mass is 228 g/mol. The first-order valence-electron chi connectivity index (χ1n) is 8.25. The van der Waals surface area contributed by atoms with Gasteiger partial charge < -0.3 is 9.30 Å². The Morgan fingerprint density at radius 1 is 1.88 bits per heavy atom. The zero-order valence-corrected chi connectivity index (χ0v) is 9.28. The van der Waals surface area contributed by atoms with Gasteiger partial charge in [-0.1, -0.05) is 6.92 Å². The maximum absolute atomic E-state index is 11.7. The Kier molecular flexibility index (Phi) is 1.56. The molecular weight excluding hydrogens is 204 g/mol. The molecule has 1 aliphatic heterocycles. The molecule has 0 unspecified atom stereocenters. The molecule has 2 heterocycles. The average molecular weight is 228 g/mol. The van der Waals surface area contributed by atoms with Gasteiger partial charge in [0.25, 0.3) is 0 Å². The van der Waals surface area contributed by atoms with Crippen LogP contribution in [0.2, 0.25) is 0 Å². The SMILES string of the molecule is [2H]c1nc(C)n(C([2H])([2H])[2H])c1C([2H])([2H])[C@H]1COC(=O)[C@H]1CC. The number of imidazole rings is 1. The lowest BCUT2D eigenvalue weighted by molar-refractivity contribution is -0.141. The maximum Gasteiger partial charge on any atom is 0.309 e. The first-order chi connectivity index (χ1) is 10.0. The normalized spacial score (nSPS) is 32.0. The van der Waals surface area contributed by atoms with Gasteiger partial charge in [-0.2, -0.15) is 0 Å². The zero-order chi connectivity index (χ0) is 16.9. The van der Waals surface area contributed by atoms with Gasteiger partial charge in [0.2, 0.25) is 0 Å². The average Bonchev–Trinajstić information content (AvgIpc) is 2.88. The lowest BCUT2D eigenvalue weighted by atomic mass is 9.89. The van der Waals surface area contributed by atoms with Crippen molar-refractivity contribution < 1.29 is 17.8 Å². The summed E-state index contributed by atoms with van der Waals surface area (Å²) in [6.45, 7) is 0.380. The Hall–Kier alpha value is -1.32. The molecule has 0 aliphatic carbocycles. The Balaban J connectivity index is 2.57. The Morgan fingerprint density at radius 2 is 2.69 bits per heavy atom. The first kappa shape index (κ1) is 5.84. The number of hydrogen-bond donors (Lipinski definition) is 0. The predicted octanol–water partition coefficient (Wildman–Crippen LogP) is 1.47. The molecule has 0 radical (unpaired) electrons. The summed E-state index contributed by atoms with van der Waals surface area (Å²) in [4.78, 5) is 15.5. The van der Waals surface area contributed by atoms with Crippen LogP contribution in [-0.2, 0) is 22.9 Å². The molecule has 4 heteroatoms. The van der Waals surface area contributed by atoms with Gasteiger partial charge in [0.05, 0.1) is 13.9 Å². The van der Waals surface area contributed by atoms with Gasteiger partial charge in [0, 0.05) is 31.6 Å². The molecule has 1 fully saturated rings. The number of esters is 1. The van der Waals surface area contributed by atoms with E-state index in [-0.39, 0.29) is 18.1 Å². The first-order valence-corrected chi connectivity index (χ1v) is 5.25. The van der Waals surface area contributed by atoms with Crippen LogP contribution in [0.1, 0.15) is 33.1 Å². The van der Waals surface area contributed by atoms with Crippen LogP contribution in [0.5, 0.6) is 0 Å². The third-order valence-corrected chi connectivity index (χ3v) is 2.83. The van der Waals surface area contributed by atoms with Crippen molar-refractivity contribution in [1.82, 2.24) is 9.55 Å². The van der Waals surface area contributed by atoms with Crippen LogP contribution in [0.3, 0.4) is 0 Å². The van der Waals surface area contributed by atoms with Crippen molar-refractivity contribution >= 4 is 5.97 Å². The van der Waals surface area contributed by atoms with Crippen molar-refractivity contribution in [3.63, 3.8) is 0 Å². The highest BCUT2D eigenvalue weighted by atomic mass is 16.5. The summed E-state index contributed by atoms with van der Waals surface area (Å²) in [5.74, 6) is -1.94. The second kappa shape index (κ2) is 4.28. The Labute approximate surface area is 104 Å². The Morgan fingerprint density at radius 3 is 3.38 bits per heavy atom. The summed E-state index contributed by atoms with van der Waals surface area (Å²) < 4.78 is 53.0. The number of aromatic nitrogens is 2. The van der Waals surface area contributed by atoms with E-state index >= 15 is 0 Å². The summed E-state index contributed by atoms with van der Waals surface area (Å²) in [6.07, 6.45) is -2.25. The fourth-order valence-electron chi connectivity index (χ4n) is 1.82. The maximum atomic E-state index is 11.7. The minimum atomic E-state index is -2.65. The van der Waals surface area contributed by atoms with Crippen LogP contribution < -0.4 is 0 Å². The minimum Gasteiger partial charge on any atom is -0.465 e. The quantitative estimate of drug-likeness (QED) is 0.736. The van der Waals surface area contributed by atoms with Gasteiger partial charge in [-0.25, -0.2) is 4.98 Å². The van der Waals surface area contributed by atoms with Crippen LogP contribution in [0.15, 0.2) is 6.17 Å². The molecule has 0 amide bonds. The molecule has 0 spiro atoms. The molecule has 0 bridgehead atoms.